The number of phosphoric acid groups is 2. The van der Waals surface area contributed by atoms with Gasteiger partial charge in [-0.15, -0.1) is 6.58 Å². The third kappa shape index (κ3) is 8.92. The highest BCUT2D eigenvalue weighted by Crippen LogP contribution is 2.52. The Balaban J connectivity index is 0. The molecule has 10 heteroatoms. The van der Waals surface area contributed by atoms with Gasteiger partial charge in [-0.2, -0.15) is 0 Å². The molecule has 0 radical (unpaired) electrons. The zero-order valence-corrected chi connectivity index (χ0v) is 10.3. The molecule has 1 atom stereocenters. The summed E-state index contributed by atoms with van der Waals surface area (Å²) in [4.78, 5) is 30.8. The van der Waals surface area contributed by atoms with Crippen LogP contribution in [-0.4, -0.2) is 5.60 Å². The normalized spacial score (nSPS) is 16.3. The van der Waals surface area contributed by atoms with Crippen molar-refractivity contribution in [3.63, 3.8) is 0 Å². The summed E-state index contributed by atoms with van der Waals surface area (Å²) >= 11 is 0. The molecule has 0 heterocycles. The van der Waals surface area contributed by atoms with E-state index in [1.54, 1.807) is 0 Å². The second kappa shape index (κ2) is 5.34. The quantitative estimate of drug-likeness (QED) is 0.523. The molecule has 0 aromatic carbocycles. The molecule has 0 rings (SSSR count). The molecule has 4 N–H and O–H groups in total. The smallest absolute Gasteiger partial charge is 0.272 e. The van der Waals surface area contributed by atoms with Crippen LogP contribution in [0, 0.1) is 0 Å². The fraction of sp³-hybridized carbons (Fsp3) is 0.600. The summed E-state index contributed by atoms with van der Waals surface area (Å²) in [7, 11) is -10.8. The van der Waals surface area contributed by atoms with Gasteiger partial charge in [-0.05, 0) is 13.8 Å². The number of quaternary nitrogens is 1. The molecule has 0 saturated carbocycles. The highest BCUT2D eigenvalue weighted by Gasteiger charge is 2.23. The molecule has 8 nitrogen and oxygen atoms in total. The van der Waals surface area contributed by atoms with Crippen LogP contribution in [0.25, 0.3) is 0 Å². The molecular weight excluding hydrogens is 248 g/mol. The summed E-state index contributed by atoms with van der Waals surface area (Å²) in [6, 6.07) is 0. The summed E-state index contributed by atoms with van der Waals surface area (Å²) in [5, 5.41) is 0. The first kappa shape index (κ1) is 17.4. The number of hydrogen-bond donors (Lipinski definition) is 1. The van der Waals surface area contributed by atoms with Gasteiger partial charge in [-0.1, -0.05) is 6.08 Å². The van der Waals surface area contributed by atoms with Gasteiger partial charge >= 0.3 is 0 Å². The maximum atomic E-state index is 10.8. The third-order valence-corrected chi connectivity index (χ3v) is 3.33. The average molecular weight is 261 g/mol. The van der Waals surface area contributed by atoms with Gasteiger partial charge in [-0.25, -0.2) is 0 Å². The first-order valence-corrected chi connectivity index (χ1v) is 6.28. The SMILES string of the molecule is C=CC(C)(C)OP(=O)([O-])OP(=O)([O-])[O-].[NH4+]. The van der Waals surface area contributed by atoms with E-state index >= 15 is 0 Å². The molecule has 15 heavy (non-hydrogen) atoms. The fourth-order valence-corrected chi connectivity index (χ4v) is 2.23. The molecule has 0 bridgehead atoms. The second-order valence-electron chi connectivity index (χ2n) is 2.87. The largest absolute Gasteiger partial charge is 0.790 e. The highest BCUT2D eigenvalue weighted by molar-refractivity contribution is 7.58. The van der Waals surface area contributed by atoms with Crippen molar-refractivity contribution in [3.05, 3.63) is 12.7 Å². The van der Waals surface area contributed by atoms with Crippen LogP contribution < -0.4 is 20.8 Å². The molecule has 92 valence electrons. The van der Waals surface area contributed by atoms with E-state index in [9.17, 15) is 23.8 Å². The van der Waals surface area contributed by atoms with Crippen LogP contribution in [0.5, 0.6) is 0 Å². The van der Waals surface area contributed by atoms with Crippen molar-refractivity contribution in [3.8, 4) is 0 Å². The van der Waals surface area contributed by atoms with E-state index in [0.29, 0.717) is 0 Å². The molecule has 0 aliphatic rings. The van der Waals surface area contributed by atoms with Crippen molar-refractivity contribution in [2.75, 3.05) is 0 Å². The minimum Gasteiger partial charge on any atom is -0.790 e. The molecule has 0 fully saturated rings. The molecule has 1 unspecified atom stereocenters. The molecule has 0 saturated heterocycles. The molecule has 0 aliphatic heterocycles. The lowest BCUT2D eigenvalue weighted by Gasteiger charge is -2.38. The summed E-state index contributed by atoms with van der Waals surface area (Å²) < 4.78 is 28.3. The number of hydrogen-bond acceptors (Lipinski definition) is 7. The maximum Gasteiger partial charge on any atom is 0.272 e. The fourth-order valence-electron chi connectivity index (χ4n) is 0.465. The van der Waals surface area contributed by atoms with Gasteiger partial charge in [0, 0.05) is 0 Å². The van der Waals surface area contributed by atoms with Crippen LogP contribution in [-0.2, 0) is 18.0 Å². The number of rotatable bonds is 5. The van der Waals surface area contributed by atoms with Gasteiger partial charge in [0.1, 0.15) is 0 Å². The van der Waals surface area contributed by atoms with Crippen LogP contribution in [0.4, 0.5) is 0 Å². The standard InChI is InChI=1S/C5H12O7P2.H3N/c1-4-5(2,3)11-14(9,10)12-13(6,7)8;/h4H,1H2,2-3H3,(H,9,10)(H2,6,7,8);1H3/p-2. The Kier molecular flexibility index (Phi) is 6.18. The maximum absolute atomic E-state index is 10.8. The number of phosphoric ester groups is 1. The van der Waals surface area contributed by atoms with E-state index in [2.05, 4.69) is 15.4 Å². The molecule has 0 amide bonds. The molecule has 0 aliphatic carbocycles. The van der Waals surface area contributed by atoms with E-state index in [-0.39, 0.29) is 6.15 Å². The van der Waals surface area contributed by atoms with Crippen LogP contribution in [0.1, 0.15) is 13.8 Å². The van der Waals surface area contributed by atoms with Gasteiger partial charge in [0.05, 0.1) is 13.4 Å². The lowest BCUT2D eigenvalue weighted by molar-refractivity contribution is -0.340. The van der Waals surface area contributed by atoms with Crippen LogP contribution in [0.15, 0.2) is 12.7 Å². The monoisotopic (exact) mass is 261 g/mol. The first-order valence-electron chi connectivity index (χ1n) is 3.36. The van der Waals surface area contributed by atoms with E-state index in [4.69, 9.17) is 0 Å². The van der Waals surface area contributed by atoms with Gasteiger partial charge < -0.3 is 29.9 Å². The van der Waals surface area contributed by atoms with E-state index in [1.165, 1.54) is 13.8 Å². The first-order chi connectivity index (χ1) is 5.97. The Hall–Kier alpha value is -0.0400. The van der Waals surface area contributed by atoms with Crippen LogP contribution >= 0.6 is 15.6 Å². The van der Waals surface area contributed by atoms with Crippen molar-refractivity contribution in [2.24, 2.45) is 0 Å². The van der Waals surface area contributed by atoms with Gasteiger partial charge in [0.25, 0.3) is 7.82 Å². The summed E-state index contributed by atoms with van der Waals surface area (Å²) in [5.74, 6) is 0. The molecule has 0 spiro atoms. The average Bonchev–Trinajstić information content (AvgIpc) is 1.78. The van der Waals surface area contributed by atoms with Gasteiger partial charge in [0.15, 0.2) is 0 Å². The Morgan fingerprint density at radius 3 is 1.93 bits per heavy atom. The lowest BCUT2D eigenvalue weighted by atomic mass is 10.1. The second-order valence-corrected chi connectivity index (χ2v) is 5.50. The van der Waals surface area contributed by atoms with Crippen molar-refractivity contribution < 1.29 is 32.6 Å². The topological polar surface area (TPSA) is 158 Å². The van der Waals surface area contributed by atoms with Crippen molar-refractivity contribution in [2.45, 2.75) is 19.4 Å². The zero-order valence-electron chi connectivity index (χ0n) is 8.54. The summed E-state index contributed by atoms with van der Waals surface area (Å²) in [6.07, 6.45) is 1.11. The van der Waals surface area contributed by atoms with Crippen LogP contribution in [0.2, 0.25) is 0 Å². The van der Waals surface area contributed by atoms with Crippen molar-refractivity contribution in [1.82, 2.24) is 6.15 Å². The lowest BCUT2D eigenvalue weighted by Crippen LogP contribution is -2.26. The highest BCUT2D eigenvalue weighted by atomic mass is 31.3. The van der Waals surface area contributed by atoms with E-state index in [0.717, 1.165) is 6.08 Å². The summed E-state index contributed by atoms with van der Waals surface area (Å²) in [5.41, 5.74) is -1.34. The summed E-state index contributed by atoms with van der Waals surface area (Å²) in [6.45, 7) is 5.85. The molecule has 0 aromatic heterocycles. The van der Waals surface area contributed by atoms with E-state index < -0.39 is 21.2 Å². The Labute approximate surface area is 87.4 Å². The predicted molar refractivity (Wildman–Crippen MR) is 47.6 cm³/mol. The van der Waals surface area contributed by atoms with Crippen LogP contribution in [0.3, 0.4) is 0 Å². The predicted octanol–water partition coefficient (Wildman–Crippen LogP) is -0.342. The Morgan fingerprint density at radius 2 is 1.67 bits per heavy atom. The van der Waals surface area contributed by atoms with Crippen molar-refractivity contribution in [1.29, 1.82) is 0 Å². The van der Waals surface area contributed by atoms with Gasteiger partial charge in [-0.3, -0.25) is 8.88 Å². The molecular formula is C5H13NO7P2-2. The Morgan fingerprint density at radius 1 is 1.27 bits per heavy atom. The minimum atomic E-state index is -5.62. The third-order valence-electron chi connectivity index (χ3n) is 1.04. The van der Waals surface area contributed by atoms with Gasteiger partial charge in [0.2, 0.25) is 0 Å². The Bertz CT molecular complexity index is 309. The van der Waals surface area contributed by atoms with E-state index in [1.807, 2.05) is 0 Å². The van der Waals surface area contributed by atoms with Crippen molar-refractivity contribution >= 4 is 15.6 Å². The minimum absolute atomic E-state index is 0. The molecule has 0 aromatic rings. The zero-order chi connectivity index (χ0) is 11.6.